The fourth-order valence-electron chi connectivity index (χ4n) is 4.48. The molecule has 1 amide bonds. The first kappa shape index (κ1) is 15.1. The number of rotatable bonds is 1. The fraction of sp³-hybridized carbons (Fsp3) is 0.300. The molecule has 1 saturated heterocycles. The Morgan fingerprint density at radius 3 is 3.08 bits per heavy atom. The number of aromatic amines is 1. The molecule has 1 N–H and O–H groups in total. The molecule has 1 fully saturated rings. The Hall–Kier alpha value is -2.14. The van der Waals surface area contributed by atoms with Crippen molar-refractivity contribution in [2.75, 3.05) is 6.54 Å². The van der Waals surface area contributed by atoms with Crippen LogP contribution in [-0.4, -0.2) is 33.4 Å². The summed E-state index contributed by atoms with van der Waals surface area (Å²) < 4.78 is 1.12. The summed E-state index contributed by atoms with van der Waals surface area (Å²) >= 11 is 3.59. The summed E-state index contributed by atoms with van der Waals surface area (Å²) in [4.78, 5) is 22.7. The van der Waals surface area contributed by atoms with Crippen molar-refractivity contribution in [3.8, 4) is 0 Å². The van der Waals surface area contributed by atoms with Crippen LogP contribution in [-0.2, 0) is 6.42 Å². The van der Waals surface area contributed by atoms with Gasteiger partial charge in [0.2, 0.25) is 0 Å². The van der Waals surface area contributed by atoms with E-state index in [2.05, 4.69) is 49.0 Å². The Labute approximate surface area is 154 Å². The van der Waals surface area contributed by atoms with E-state index in [1.807, 2.05) is 18.2 Å². The third-order valence-electron chi connectivity index (χ3n) is 5.64. The number of carbonyl (C=O) groups excluding carboxylic acids is 1. The molecule has 2 aliphatic rings. The molecule has 1 aliphatic heterocycles. The molecule has 0 radical (unpaired) electrons. The number of amides is 1. The highest BCUT2D eigenvalue weighted by molar-refractivity contribution is 9.10. The first-order valence-corrected chi connectivity index (χ1v) is 9.52. The van der Waals surface area contributed by atoms with Crippen molar-refractivity contribution in [2.24, 2.45) is 0 Å². The first-order valence-electron chi connectivity index (χ1n) is 8.73. The van der Waals surface area contributed by atoms with Crippen LogP contribution in [0, 0.1) is 0 Å². The number of H-pyrrole nitrogens is 1. The number of hydrogen-bond donors (Lipinski definition) is 1. The number of nitrogens with zero attached hydrogens (tertiary/aromatic N) is 2. The predicted molar refractivity (Wildman–Crippen MR) is 101 cm³/mol. The number of benzene rings is 2. The first-order chi connectivity index (χ1) is 12.2. The molecule has 2 aromatic carbocycles. The van der Waals surface area contributed by atoms with E-state index in [1.165, 1.54) is 11.1 Å². The van der Waals surface area contributed by atoms with Gasteiger partial charge in [0.15, 0.2) is 0 Å². The van der Waals surface area contributed by atoms with Gasteiger partial charge in [-0.3, -0.25) is 4.79 Å². The van der Waals surface area contributed by atoms with Gasteiger partial charge in [0.1, 0.15) is 0 Å². The zero-order valence-corrected chi connectivity index (χ0v) is 15.3. The van der Waals surface area contributed by atoms with Crippen LogP contribution in [0.5, 0.6) is 0 Å². The number of nitrogens with one attached hydrogen (secondary N) is 1. The minimum absolute atomic E-state index is 0.131. The number of piperidine rings is 1. The highest BCUT2D eigenvalue weighted by Gasteiger charge is 2.40. The standard InChI is InChI=1S/C20H18BrN3O/c21-14-5-3-12-9-19-15(16(12)10-14)2-1-7-24(19)20(25)13-4-6-17-18(8-13)23-11-22-17/h3-6,8,10-11,15,19H,1-2,7,9H2,(H,22,23). The van der Waals surface area contributed by atoms with E-state index in [0.717, 1.165) is 46.9 Å². The van der Waals surface area contributed by atoms with E-state index in [9.17, 15) is 4.79 Å². The van der Waals surface area contributed by atoms with Crippen LogP contribution in [0.2, 0.25) is 0 Å². The van der Waals surface area contributed by atoms with Crippen molar-refractivity contribution in [2.45, 2.75) is 31.2 Å². The van der Waals surface area contributed by atoms with Crippen molar-refractivity contribution in [3.05, 3.63) is 63.9 Å². The second kappa shape index (κ2) is 5.70. The second-order valence-electron chi connectivity index (χ2n) is 7.00. The summed E-state index contributed by atoms with van der Waals surface area (Å²) in [7, 11) is 0. The topological polar surface area (TPSA) is 49.0 Å². The molecule has 3 aromatic rings. The average molecular weight is 396 g/mol. The van der Waals surface area contributed by atoms with Crippen LogP contribution in [0.25, 0.3) is 11.0 Å². The molecular weight excluding hydrogens is 378 g/mol. The van der Waals surface area contributed by atoms with E-state index >= 15 is 0 Å². The van der Waals surface area contributed by atoms with E-state index in [0.29, 0.717) is 5.92 Å². The molecule has 25 heavy (non-hydrogen) atoms. The largest absolute Gasteiger partial charge is 0.345 e. The number of likely N-dealkylation sites (tertiary alicyclic amines) is 1. The van der Waals surface area contributed by atoms with Gasteiger partial charge in [-0.25, -0.2) is 4.98 Å². The van der Waals surface area contributed by atoms with E-state index in [-0.39, 0.29) is 11.9 Å². The molecular formula is C20H18BrN3O. The molecule has 2 heterocycles. The Bertz CT molecular complexity index is 980. The van der Waals surface area contributed by atoms with Crippen LogP contribution >= 0.6 is 15.9 Å². The Morgan fingerprint density at radius 1 is 1.24 bits per heavy atom. The van der Waals surface area contributed by atoms with Crippen molar-refractivity contribution in [3.63, 3.8) is 0 Å². The number of imidazole rings is 1. The Morgan fingerprint density at radius 2 is 2.16 bits per heavy atom. The van der Waals surface area contributed by atoms with Gasteiger partial charge < -0.3 is 9.88 Å². The Kier molecular flexibility index (Phi) is 3.45. The second-order valence-corrected chi connectivity index (χ2v) is 7.91. The maximum atomic E-state index is 13.2. The van der Waals surface area contributed by atoms with Gasteiger partial charge in [-0.2, -0.15) is 0 Å². The lowest BCUT2D eigenvalue weighted by molar-refractivity contribution is 0.0595. The van der Waals surface area contributed by atoms with E-state index < -0.39 is 0 Å². The summed E-state index contributed by atoms with van der Waals surface area (Å²) in [6.07, 6.45) is 4.85. The zero-order valence-electron chi connectivity index (χ0n) is 13.7. The van der Waals surface area contributed by atoms with Gasteiger partial charge >= 0.3 is 0 Å². The number of hydrogen-bond acceptors (Lipinski definition) is 2. The molecule has 1 aliphatic carbocycles. The highest BCUT2D eigenvalue weighted by Crippen LogP contribution is 2.43. The smallest absolute Gasteiger partial charge is 0.254 e. The number of carbonyl (C=O) groups is 1. The number of aromatic nitrogens is 2. The van der Waals surface area contributed by atoms with Gasteiger partial charge in [-0.05, 0) is 60.7 Å². The molecule has 2 unspecified atom stereocenters. The maximum absolute atomic E-state index is 13.2. The lowest BCUT2D eigenvalue weighted by Gasteiger charge is -2.38. The van der Waals surface area contributed by atoms with Crippen LogP contribution in [0.15, 0.2) is 47.2 Å². The van der Waals surface area contributed by atoms with Gasteiger partial charge in [0.25, 0.3) is 5.91 Å². The van der Waals surface area contributed by atoms with Crippen LogP contribution in [0.1, 0.15) is 40.2 Å². The zero-order chi connectivity index (χ0) is 17.0. The fourth-order valence-corrected chi connectivity index (χ4v) is 4.86. The van der Waals surface area contributed by atoms with Crippen molar-refractivity contribution in [1.29, 1.82) is 0 Å². The third-order valence-corrected chi connectivity index (χ3v) is 6.14. The summed E-state index contributed by atoms with van der Waals surface area (Å²) in [5.41, 5.74) is 5.35. The average Bonchev–Trinajstić information content (AvgIpc) is 3.24. The van der Waals surface area contributed by atoms with Gasteiger partial charge in [0, 0.05) is 28.5 Å². The minimum atomic E-state index is 0.131. The molecule has 1 aromatic heterocycles. The monoisotopic (exact) mass is 395 g/mol. The molecule has 0 bridgehead atoms. The van der Waals surface area contributed by atoms with Crippen LogP contribution in [0.3, 0.4) is 0 Å². The van der Waals surface area contributed by atoms with Crippen molar-refractivity contribution >= 4 is 32.9 Å². The normalized spacial score (nSPS) is 22.0. The minimum Gasteiger partial charge on any atom is -0.345 e. The van der Waals surface area contributed by atoms with Crippen molar-refractivity contribution < 1.29 is 4.79 Å². The summed E-state index contributed by atoms with van der Waals surface area (Å²) in [6.45, 7) is 0.841. The molecule has 2 atom stereocenters. The van der Waals surface area contributed by atoms with Crippen LogP contribution < -0.4 is 0 Å². The lowest BCUT2D eigenvalue weighted by atomic mass is 9.88. The molecule has 5 heteroatoms. The quantitative estimate of drug-likeness (QED) is 0.668. The SMILES string of the molecule is O=C(c1ccc2[nH]cnc2c1)N1CCCC2c3cc(Br)ccc3CC21. The molecule has 0 saturated carbocycles. The third kappa shape index (κ3) is 2.41. The predicted octanol–water partition coefficient (Wildman–Crippen LogP) is 4.27. The summed E-state index contributed by atoms with van der Waals surface area (Å²) in [6, 6.07) is 12.6. The highest BCUT2D eigenvalue weighted by atomic mass is 79.9. The summed E-state index contributed by atoms with van der Waals surface area (Å²) in [5, 5.41) is 0. The maximum Gasteiger partial charge on any atom is 0.254 e. The molecule has 5 rings (SSSR count). The lowest BCUT2D eigenvalue weighted by Crippen LogP contribution is -2.46. The molecule has 4 nitrogen and oxygen atoms in total. The Balaban J connectivity index is 1.48. The van der Waals surface area contributed by atoms with E-state index in [1.54, 1.807) is 6.33 Å². The number of fused-ring (bicyclic) bond motifs is 4. The van der Waals surface area contributed by atoms with Crippen LogP contribution in [0.4, 0.5) is 0 Å². The van der Waals surface area contributed by atoms with Gasteiger partial charge in [0.05, 0.1) is 17.4 Å². The number of halogens is 1. The molecule has 0 spiro atoms. The van der Waals surface area contributed by atoms with E-state index in [4.69, 9.17) is 0 Å². The summed E-state index contributed by atoms with van der Waals surface area (Å²) in [5.74, 6) is 0.589. The van der Waals surface area contributed by atoms with Gasteiger partial charge in [-0.15, -0.1) is 0 Å². The van der Waals surface area contributed by atoms with Crippen molar-refractivity contribution in [1.82, 2.24) is 14.9 Å². The molecule has 126 valence electrons. The van der Waals surface area contributed by atoms with Gasteiger partial charge in [-0.1, -0.05) is 22.0 Å².